The van der Waals surface area contributed by atoms with Gasteiger partial charge in [-0.05, 0) is 22.8 Å². The molecule has 0 aliphatic heterocycles. The fourth-order valence-electron chi connectivity index (χ4n) is 1.95. The zero-order chi connectivity index (χ0) is 15.9. The van der Waals surface area contributed by atoms with Crippen LogP contribution in [0, 0.1) is 11.3 Å². The van der Waals surface area contributed by atoms with Crippen molar-refractivity contribution in [3.8, 4) is 17.2 Å². The van der Waals surface area contributed by atoms with E-state index in [1.165, 1.54) is 0 Å². The van der Waals surface area contributed by atoms with Gasteiger partial charge in [-0.25, -0.2) is 0 Å². The van der Waals surface area contributed by atoms with E-state index in [-0.39, 0.29) is 6.61 Å². The smallest absolute Gasteiger partial charge is 0.317 e. The second-order valence-electron chi connectivity index (χ2n) is 4.59. The fraction of sp³-hybridized carbons (Fsp3) is 0.118. The van der Waals surface area contributed by atoms with Crippen molar-refractivity contribution in [3.05, 3.63) is 59.7 Å². The molecule has 0 radical (unpaired) electrons. The van der Waals surface area contributed by atoms with Gasteiger partial charge in [-0.2, -0.15) is 5.26 Å². The highest BCUT2D eigenvalue weighted by atomic mass is 16.5. The summed E-state index contributed by atoms with van der Waals surface area (Å²) in [6.45, 7) is 0.0201. The standard InChI is InChI=1S/C17H13NO4/c18-10-14-3-1-2-4-15(14)13-7-5-12(6-8-13)11-22-17(21)9-16(19)20/h1-8H,9,11H2,(H,19,20). The van der Waals surface area contributed by atoms with Crippen LogP contribution in [-0.4, -0.2) is 17.0 Å². The Labute approximate surface area is 127 Å². The number of nitrogens with zero attached hydrogens (tertiary/aromatic N) is 1. The van der Waals surface area contributed by atoms with Crippen LogP contribution in [0.4, 0.5) is 0 Å². The van der Waals surface area contributed by atoms with Crippen LogP contribution in [0.3, 0.4) is 0 Å². The third-order valence-electron chi connectivity index (χ3n) is 3.01. The fourth-order valence-corrected chi connectivity index (χ4v) is 1.95. The normalized spacial score (nSPS) is 9.77. The molecule has 0 atom stereocenters. The van der Waals surface area contributed by atoms with E-state index >= 15 is 0 Å². The van der Waals surface area contributed by atoms with Gasteiger partial charge in [-0.15, -0.1) is 0 Å². The summed E-state index contributed by atoms with van der Waals surface area (Å²) in [5.41, 5.74) is 3.05. The number of carboxylic acid groups (broad SMARTS) is 1. The number of ether oxygens (including phenoxy) is 1. The van der Waals surface area contributed by atoms with Crippen molar-refractivity contribution in [2.75, 3.05) is 0 Å². The summed E-state index contributed by atoms with van der Waals surface area (Å²) < 4.78 is 4.86. The van der Waals surface area contributed by atoms with E-state index in [1.807, 2.05) is 24.3 Å². The minimum absolute atomic E-state index is 0.0201. The molecule has 0 fully saturated rings. The lowest BCUT2D eigenvalue weighted by Gasteiger charge is -2.07. The van der Waals surface area contributed by atoms with Gasteiger partial charge in [0, 0.05) is 0 Å². The molecule has 0 heterocycles. The Morgan fingerprint density at radius 1 is 1.09 bits per heavy atom. The van der Waals surface area contributed by atoms with E-state index in [0.717, 1.165) is 16.7 Å². The molecule has 0 spiro atoms. The summed E-state index contributed by atoms with van der Waals surface area (Å²) in [5, 5.41) is 17.6. The number of aliphatic carboxylic acids is 1. The molecular weight excluding hydrogens is 282 g/mol. The van der Waals surface area contributed by atoms with Crippen molar-refractivity contribution < 1.29 is 19.4 Å². The van der Waals surface area contributed by atoms with Crippen LogP contribution >= 0.6 is 0 Å². The number of nitriles is 1. The predicted octanol–water partition coefficient (Wildman–Crippen LogP) is 2.74. The Morgan fingerprint density at radius 2 is 1.77 bits per heavy atom. The van der Waals surface area contributed by atoms with Crippen molar-refractivity contribution in [3.63, 3.8) is 0 Å². The molecule has 0 saturated heterocycles. The van der Waals surface area contributed by atoms with E-state index in [0.29, 0.717) is 5.56 Å². The number of carbonyl (C=O) groups excluding carboxylic acids is 1. The molecule has 0 unspecified atom stereocenters. The molecule has 0 bridgehead atoms. The molecule has 2 aromatic carbocycles. The van der Waals surface area contributed by atoms with Crippen LogP contribution in [0.5, 0.6) is 0 Å². The van der Waals surface area contributed by atoms with E-state index in [9.17, 15) is 9.59 Å². The third kappa shape index (κ3) is 3.93. The lowest BCUT2D eigenvalue weighted by Crippen LogP contribution is -2.10. The minimum Gasteiger partial charge on any atom is -0.481 e. The van der Waals surface area contributed by atoms with Gasteiger partial charge in [0.15, 0.2) is 0 Å². The van der Waals surface area contributed by atoms with Crippen LogP contribution in [0.1, 0.15) is 17.5 Å². The highest BCUT2D eigenvalue weighted by Gasteiger charge is 2.09. The highest BCUT2D eigenvalue weighted by molar-refractivity contribution is 5.90. The Morgan fingerprint density at radius 3 is 2.41 bits per heavy atom. The lowest BCUT2D eigenvalue weighted by molar-refractivity contribution is -0.152. The predicted molar refractivity (Wildman–Crippen MR) is 78.6 cm³/mol. The van der Waals surface area contributed by atoms with E-state index in [1.54, 1.807) is 24.3 Å². The maximum atomic E-state index is 11.2. The number of benzene rings is 2. The first kappa shape index (κ1) is 15.3. The molecule has 0 saturated carbocycles. The first-order valence-corrected chi connectivity index (χ1v) is 6.56. The molecule has 1 N–H and O–H groups in total. The van der Waals surface area contributed by atoms with E-state index in [2.05, 4.69) is 6.07 Å². The number of carbonyl (C=O) groups is 2. The molecule has 0 amide bonds. The quantitative estimate of drug-likeness (QED) is 0.677. The molecule has 5 nitrogen and oxygen atoms in total. The Hall–Kier alpha value is -3.13. The maximum Gasteiger partial charge on any atom is 0.317 e. The summed E-state index contributed by atoms with van der Waals surface area (Å²) in [6.07, 6.45) is -0.645. The van der Waals surface area contributed by atoms with Crippen LogP contribution in [-0.2, 0) is 20.9 Å². The lowest BCUT2D eigenvalue weighted by atomic mass is 9.99. The van der Waals surface area contributed by atoms with E-state index < -0.39 is 18.4 Å². The summed E-state index contributed by atoms with van der Waals surface area (Å²) >= 11 is 0. The molecule has 0 aromatic heterocycles. The van der Waals surface area contributed by atoms with Crippen molar-refractivity contribution in [1.29, 1.82) is 5.26 Å². The van der Waals surface area contributed by atoms with Crippen LogP contribution in [0.2, 0.25) is 0 Å². The van der Waals surface area contributed by atoms with Gasteiger partial charge in [0.1, 0.15) is 13.0 Å². The van der Waals surface area contributed by atoms with Gasteiger partial charge in [0.05, 0.1) is 11.6 Å². The second-order valence-corrected chi connectivity index (χ2v) is 4.59. The molecule has 110 valence electrons. The number of carboxylic acids is 1. The van der Waals surface area contributed by atoms with E-state index in [4.69, 9.17) is 15.1 Å². The molecule has 0 aliphatic carbocycles. The molecule has 5 heteroatoms. The number of hydrogen-bond donors (Lipinski definition) is 1. The van der Waals surface area contributed by atoms with Crippen LogP contribution < -0.4 is 0 Å². The van der Waals surface area contributed by atoms with Crippen molar-refractivity contribution >= 4 is 11.9 Å². The van der Waals surface area contributed by atoms with Crippen LogP contribution in [0.15, 0.2) is 48.5 Å². The van der Waals surface area contributed by atoms with Gasteiger partial charge >= 0.3 is 11.9 Å². The monoisotopic (exact) mass is 295 g/mol. The zero-order valence-corrected chi connectivity index (χ0v) is 11.7. The molecule has 2 aromatic rings. The Balaban J connectivity index is 2.06. The highest BCUT2D eigenvalue weighted by Crippen LogP contribution is 2.23. The van der Waals surface area contributed by atoms with Gasteiger partial charge < -0.3 is 9.84 Å². The number of esters is 1. The Kier molecular flexibility index (Phi) is 4.89. The molecule has 2 rings (SSSR count). The zero-order valence-electron chi connectivity index (χ0n) is 11.7. The average Bonchev–Trinajstić information content (AvgIpc) is 2.53. The molecule has 22 heavy (non-hydrogen) atoms. The minimum atomic E-state index is -1.21. The van der Waals surface area contributed by atoms with Gasteiger partial charge in [0.2, 0.25) is 0 Å². The molecular formula is C17H13NO4. The van der Waals surface area contributed by atoms with Crippen molar-refractivity contribution in [1.82, 2.24) is 0 Å². The van der Waals surface area contributed by atoms with Gasteiger partial charge in [-0.1, -0.05) is 42.5 Å². The van der Waals surface area contributed by atoms with Gasteiger partial charge in [0.25, 0.3) is 0 Å². The number of hydrogen-bond acceptors (Lipinski definition) is 4. The molecule has 0 aliphatic rings. The average molecular weight is 295 g/mol. The SMILES string of the molecule is N#Cc1ccccc1-c1ccc(COC(=O)CC(=O)O)cc1. The van der Waals surface area contributed by atoms with Crippen LogP contribution in [0.25, 0.3) is 11.1 Å². The van der Waals surface area contributed by atoms with Gasteiger partial charge in [-0.3, -0.25) is 9.59 Å². The van der Waals surface area contributed by atoms with Crippen molar-refractivity contribution in [2.24, 2.45) is 0 Å². The summed E-state index contributed by atoms with van der Waals surface area (Å²) in [6, 6.07) is 16.6. The summed E-state index contributed by atoms with van der Waals surface area (Å²) in [7, 11) is 0. The number of rotatable bonds is 5. The maximum absolute atomic E-state index is 11.2. The second kappa shape index (κ2) is 7.04. The summed E-state index contributed by atoms with van der Waals surface area (Å²) in [4.78, 5) is 21.5. The largest absolute Gasteiger partial charge is 0.481 e. The third-order valence-corrected chi connectivity index (χ3v) is 3.01. The summed E-state index contributed by atoms with van der Waals surface area (Å²) in [5.74, 6) is -1.99. The first-order chi connectivity index (χ1) is 10.6. The Bertz CT molecular complexity index is 729. The van der Waals surface area contributed by atoms with Crippen molar-refractivity contribution in [2.45, 2.75) is 13.0 Å². The topological polar surface area (TPSA) is 87.4 Å². The first-order valence-electron chi connectivity index (χ1n) is 6.56.